The van der Waals surface area contributed by atoms with Crippen molar-refractivity contribution in [3.05, 3.63) is 18.2 Å². The van der Waals surface area contributed by atoms with Crippen LogP contribution in [0, 0.1) is 5.92 Å². The maximum atomic E-state index is 6.00. The van der Waals surface area contributed by atoms with Gasteiger partial charge in [-0.25, -0.2) is 0 Å². The van der Waals surface area contributed by atoms with E-state index >= 15 is 0 Å². The molecule has 2 N–H and O–H groups in total. The highest BCUT2D eigenvalue weighted by Gasteiger charge is 2.10. The van der Waals surface area contributed by atoms with E-state index < -0.39 is 0 Å². The molecule has 1 aromatic carbocycles. The van der Waals surface area contributed by atoms with Gasteiger partial charge >= 0.3 is 0 Å². The van der Waals surface area contributed by atoms with Crippen LogP contribution in [0.4, 0.5) is 11.4 Å². The second-order valence-electron chi connectivity index (χ2n) is 4.17. The van der Waals surface area contributed by atoms with Gasteiger partial charge in [-0.15, -0.1) is 0 Å². The summed E-state index contributed by atoms with van der Waals surface area (Å²) in [7, 11) is 3.68. The van der Waals surface area contributed by atoms with Crippen LogP contribution in [0.1, 0.15) is 13.8 Å². The summed E-state index contributed by atoms with van der Waals surface area (Å²) in [6, 6.07) is 5.85. The lowest BCUT2D eigenvalue weighted by atomic mass is 10.2. The minimum absolute atomic E-state index is 0.612. The minimum Gasteiger partial charge on any atom is -0.495 e. The van der Waals surface area contributed by atoms with Crippen molar-refractivity contribution in [1.82, 2.24) is 0 Å². The lowest BCUT2D eigenvalue weighted by Gasteiger charge is -2.23. The van der Waals surface area contributed by atoms with E-state index in [4.69, 9.17) is 10.5 Å². The summed E-state index contributed by atoms with van der Waals surface area (Å²) in [4.78, 5) is 2.16. The Bertz CT molecular complexity index is 323. The van der Waals surface area contributed by atoms with Crippen molar-refractivity contribution in [3.63, 3.8) is 0 Å². The molecule has 1 aromatic rings. The maximum absolute atomic E-state index is 6.00. The first-order valence-corrected chi connectivity index (χ1v) is 5.20. The average Bonchev–Trinajstić information content (AvgIpc) is 2.17. The van der Waals surface area contributed by atoms with Crippen LogP contribution in [0.25, 0.3) is 0 Å². The number of nitrogens with zero attached hydrogens (tertiary/aromatic N) is 1. The highest BCUT2D eigenvalue weighted by Crippen LogP contribution is 2.31. The smallest absolute Gasteiger partial charge is 0.143 e. The molecule has 0 aromatic heterocycles. The molecule has 1 rings (SSSR count). The first-order valence-electron chi connectivity index (χ1n) is 5.20. The largest absolute Gasteiger partial charge is 0.495 e. The standard InChI is InChI=1S/C12H20N2O/c1-9(2)8-14(3)10-6-5-7-11(15-4)12(10)13/h5-7,9H,8,13H2,1-4H3. The number of nitrogens with two attached hydrogens (primary N) is 1. The molecule has 0 amide bonds. The summed E-state index contributed by atoms with van der Waals surface area (Å²) in [5.74, 6) is 1.35. The molecule has 3 nitrogen and oxygen atoms in total. The third-order valence-corrected chi connectivity index (χ3v) is 2.31. The molecule has 15 heavy (non-hydrogen) atoms. The molecule has 0 atom stereocenters. The maximum Gasteiger partial charge on any atom is 0.143 e. The van der Waals surface area contributed by atoms with Gasteiger partial charge in [-0.3, -0.25) is 0 Å². The Kier molecular flexibility index (Phi) is 3.83. The number of nitrogen functional groups attached to an aromatic ring is 1. The van der Waals surface area contributed by atoms with Gasteiger partial charge < -0.3 is 15.4 Å². The van der Waals surface area contributed by atoms with Crippen LogP contribution in [-0.2, 0) is 0 Å². The van der Waals surface area contributed by atoms with Gasteiger partial charge in [0.2, 0.25) is 0 Å². The number of hydrogen-bond acceptors (Lipinski definition) is 3. The summed E-state index contributed by atoms with van der Waals surface area (Å²) in [5, 5.41) is 0. The number of anilines is 2. The van der Waals surface area contributed by atoms with Crippen molar-refractivity contribution in [2.45, 2.75) is 13.8 Å². The summed E-state index contributed by atoms with van der Waals surface area (Å²) in [6.45, 7) is 5.36. The van der Waals surface area contributed by atoms with Gasteiger partial charge in [0.25, 0.3) is 0 Å². The number of rotatable bonds is 4. The summed E-state index contributed by atoms with van der Waals surface area (Å²) in [6.07, 6.45) is 0. The number of ether oxygens (including phenoxy) is 1. The molecule has 3 heteroatoms. The van der Waals surface area contributed by atoms with E-state index in [1.165, 1.54) is 0 Å². The van der Waals surface area contributed by atoms with Crippen molar-refractivity contribution < 1.29 is 4.74 Å². The minimum atomic E-state index is 0.612. The Morgan fingerprint density at radius 3 is 2.60 bits per heavy atom. The Morgan fingerprint density at radius 2 is 2.07 bits per heavy atom. The molecular weight excluding hydrogens is 188 g/mol. The Balaban J connectivity index is 2.93. The van der Waals surface area contributed by atoms with Gasteiger partial charge in [0, 0.05) is 13.6 Å². The Hall–Kier alpha value is -1.38. The number of benzene rings is 1. The van der Waals surface area contributed by atoms with E-state index in [9.17, 15) is 0 Å². The second kappa shape index (κ2) is 4.91. The van der Waals surface area contributed by atoms with Crippen molar-refractivity contribution in [1.29, 1.82) is 0 Å². The van der Waals surface area contributed by atoms with E-state index in [-0.39, 0.29) is 0 Å². The Morgan fingerprint density at radius 1 is 1.40 bits per heavy atom. The van der Waals surface area contributed by atoms with Gasteiger partial charge in [0.05, 0.1) is 18.5 Å². The van der Waals surface area contributed by atoms with Gasteiger partial charge in [-0.05, 0) is 18.1 Å². The summed E-state index contributed by atoms with van der Waals surface area (Å²) in [5.41, 5.74) is 7.75. The molecule has 0 unspecified atom stereocenters. The number of hydrogen-bond donors (Lipinski definition) is 1. The third kappa shape index (κ3) is 2.78. The normalized spacial score (nSPS) is 10.5. The molecule has 0 aliphatic carbocycles. The molecule has 84 valence electrons. The molecule has 0 heterocycles. The third-order valence-electron chi connectivity index (χ3n) is 2.31. The molecule has 0 radical (unpaired) electrons. The van der Waals surface area contributed by atoms with Crippen LogP contribution >= 0.6 is 0 Å². The summed E-state index contributed by atoms with van der Waals surface area (Å²) < 4.78 is 5.19. The average molecular weight is 208 g/mol. The van der Waals surface area contributed by atoms with Crippen LogP contribution in [0.5, 0.6) is 5.75 Å². The zero-order valence-corrected chi connectivity index (χ0v) is 9.95. The fourth-order valence-corrected chi connectivity index (χ4v) is 1.69. The quantitative estimate of drug-likeness (QED) is 0.772. The molecule has 0 saturated heterocycles. The predicted octanol–water partition coefficient (Wildman–Crippen LogP) is 2.37. The van der Waals surface area contributed by atoms with E-state index in [0.717, 1.165) is 18.0 Å². The first kappa shape index (κ1) is 11.7. The van der Waals surface area contributed by atoms with E-state index in [1.807, 2.05) is 25.2 Å². The summed E-state index contributed by atoms with van der Waals surface area (Å²) >= 11 is 0. The van der Waals surface area contributed by atoms with Crippen LogP contribution in [-0.4, -0.2) is 20.7 Å². The lowest BCUT2D eigenvalue weighted by molar-refractivity contribution is 0.417. The second-order valence-corrected chi connectivity index (χ2v) is 4.17. The zero-order chi connectivity index (χ0) is 11.4. The molecule has 0 bridgehead atoms. The van der Waals surface area contributed by atoms with E-state index in [2.05, 4.69) is 18.7 Å². The highest BCUT2D eigenvalue weighted by atomic mass is 16.5. The highest BCUT2D eigenvalue weighted by molar-refractivity contribution is 5.73. The van der Waals surface area contributed by atoms with Crippen molar-refractivity contribution >= 4 is 11.4 Å². The monoisotopic (exact) mass is 208 g/mol. The molecule has 0 saturated carbocycles. The first-order chi connectivity index (χ1) is 7.06. The fraction of sp³-hybridized carbons (Fsp3) is 0.500. The van der Waals surface area contributed by atoms with Gasteiger partial charge in [-0.2, -0.15) is 0 Å². The van der Waals surface area contributed by atoms with Crippen molar-refractivity contribution in [2.75, 3.05) is 31.3 Å². The van der Waals surface area contributed by atoms with E-state index in [0.29, 0.717) is 11.6 Å². The fourth-order valence-electron chi connectivity index (χ4n) is 1.69. The van der Waals surface area contributed by atoms with Crippen LogP contribution in [0.3, 0.4) is 0 Å². The molecule has 0 spiro atoms. The number of para-hydroxylation sites is 1. The van der Waals surface area contributed by atoms with Crippen molar-refractivity contribution in [2.24, 2.45) is 5.92 Å². The van der Waals surface area contributed by atoms with Crippen molar-refractivity contribution in [3.8, 4) is 5.75 Å². The molecule has 0 fully saturated rings. The number of methoxy groups -OCH3 is 1. The van der Waals surface area contributed by atoms with Crippen LogP contribution in [0.15, 0.2) is 18.2 Å². The molecular formula is C12H20N2O. The van der Waals surface area contributed by atoms with Gasteiger partial charge in [0.1, 0.15) is 5.75 Å². The molecule has 0 aliphatic rings. The Labute approximate surface area is 91.8 Å². The van der Waals surface area contributed by atoms with Gasteiger partial charge in [0.15, 0.2) is 0 Å². The van der Waals surface area contributed by atoms with Crippen LogP contribution in [0.2, 0.25) is 0 Å². The van der Waals surface area contributed by atoms with Crippen LogP contribution < -0.4 is 15.4 Å². The SMILES string of the molecule is COc1cccc(N(C)CC(C)C)c1N. The topological polar surface area (TPSA) is 38.5 Å². The molecule has 0 aliphatic heterocycles. The predicted molar refractivity (Wildman–Crippen MR) is 65.5 cm³/mol. The van der Waals surface area contributed by atoms with E-state index in [1.54, 1.807) is 7.11 Å². The lowest BCUT2D eigenvalue weighted by Crippen LogP contribution is -2.23. The zero-order valence-electron chi connectivity index (χ0n) is 9.95. The van der Waals surface area contributed by atoms with Gasteiger partial charge in [-0.1, -0.05) is 19.9 Å².